The van der Waals surface area contributed by atoms with Crippen molar-refractivity contribution in [1.29, 1.82) is 0 Å². The minimum absolute atomic E-state index is 0.252. The summed E-state index contributed by atoms with van der Waals surface area (Å²) in [5.41, 5.74) is 1.15. The number of hydrogen-bond donors (Lipinski definition) is 1. The number of rotatable bonds is 5. The quantitative estimate of drug-likeness (QED) is 0.883. The molecule has 116 valence electrons. The van der Waals surface area contributed by atoms with E-state index in [9.17, 15) is 4.79 Å². The second-order valence-corrected chi connectivity index (χ2v) is 6.29. The summed E-state index contributed by atoms with van der Waals surface area (Å²) in [6.07, 6.45) is 3.58. The number of carbonyl (C=O) groups excluding carboxylic acids is 1. The molecule has 0 spiro atoms. The lowest BCUT2D eigenvalue weighted by Gasteiger charge is -2.32. The SMILES string of the molecule is CNC1CCCN(C(=O)CCc2ccc(OC)c(Br)c2)C1. The van der Waals surface area contributed by atoms with Crippen LogP contribution in [0.3, 0.4) is 0 Å². The standard InChI is InChI=1S/C16H23BrN2O2/c1-18-13-4-3-9-19(11-13)16(20)8-6-12-5-7-15(21-2)14(17)10-12/h5,7,10,13,18H,3-4,6,8-9,11H2,1-2H3. The Bertz CT molecular complexity index is 493. The number of nitrogens with zero attached hydrogens (tertiary/aromatic N) is 1. The topological polar surface area (TPSA) is 41.6 Å². The van der Waals surface area contributed by atoms with E-state index in [0.29, 0.717) is 12.5 Å². The van der Waals surface area contributed by atoms with E-state index < -0.39 is 0 Å². The first kappa shape index (κ1) is 16.3. The second kappa shape index (κ2) is 7.80. The number of likely N-dealkylation sites (N-methyl/N-ethyl adjacent to an activating group) is 1. The molecule has 0 aliphatic carbocycles. The highest BCUT2D eigenvalue weighted by Gasteiger charge is 2.22. The third-order valence-corrected chi connectivity index (χ3v) is 4.65. The van der Waals surface area contributed by atoms with Crippen molar-refractivity contribution in [3.63, 3.8) is 0 Å². The van der Waals surface area contributed by atoms with Gasteiger partial charge in [-0.25, -0.2) is 0 Å². The maximum absolute atomic E-state index is 12.3. The van der Waals surface area contributed by atoms with E-state index in [2.05, 4.69) is 21.2 Å². The molecule has 1 saturated heterocycles. The number of nitrogens with one attached hydrogen (secondary N) is 1. The Balaban J connectivity index is 1.87. The van der Waals surface area contributed by atoms with E-state index in [1.54, 1.807) is 7.11 Å². The zero-order valence-corrected chi connectivity index (χ0v) is 14.3. The number of aryl methyl sites for hydroxylation is 1. The van der Waals surface area contributed by atoms with Gasteiger partial charge in [0.25, 0.3) is 0 Å². The summed E-state index contributed by atoms with van der Waals surface area (Å²) < 4.78 is 6.15. The number of piperidine rings is 1. The molecule has 1 N–H and O–H groups in total. The van der Waals surface area contributed by atoms with Gasteiger partial charge in [0.1, 0.15) is 5.75 Å². The lowest BCUT2D eigenvalue weighted by Crippen LogP contribution is -2.47. The number of ether oxygens (including phenoxy) is 1. The van der Waals surface area contributed by atoms with Crippen molar-refractivity contribution in [3.8, 4) is 5.75 Å². The second-order valence-electron chi connectivity index (χ2n) is 5.44. The fraction of sp³-hybridized carbons (Fsp3) is 0.562. The fourth-order valence-electron chi connectivity index (χ4n) is 2.71. The van der Waals surface area contributed by atoms with Gasteiger partial charge >= 0.3 is 0 Å². The lowest BCUT2D eigenvalue weighted by molar-refractivity contribution is -0.132. The number of halogens is 1. The van der Waals surface area contributed by atoms with E-state index in [4.69, 9.17) is 4.74 Å². The van der Waals surface area contributed by atoms with Crippen molar-refractivity contribution in [3.05, 3.63) is 28.2 Å². The molecule has 1 unspecified atom stereocenters. The van der Waals surface area contributed by atoms with Crippen molar-refractivity contribution >= 4 is 21.8 Å². The molecule has 21 heavy (non-hydrogen) atoms. The lowest BCUT2D eigenvalue weighted by atomic mass is 10.0. The minimum atomic E-state index is 0.252. The van der Waals surface area contributed by atoms with Crippen LogP contribution in [0.1, 0.15) is 24.8 Å². The average molecular weight is 355 g/mol. The first-order chi connectivity index (χ1) is 10.1. The minimum Gasteiger partial charge on any atom is -0.496 e. The van der Waals surface area contributed by atoms with Crippen molar-refractivity contribution in [2.45, 2.75) is 31.7 Å². The number of hydrogen-bond acceptors (Lipinski definition) is 3. The van der Waals surface area contributed by atoms with Gasteiger partial charge in [-0.3, -0.25) is 4.79 Å². The largest absolute Gasteiger partial charge is 0.496 e. The monoisotopic (exact) mass is 354 g/mol. The molecule has 0 saturated carbocycles. The zero-order chi connectivity index (χ0) is 15.2. The van der Waals surface area contributed by atoms with Crippen molar-refractivity contribution in [2.75, 3.05) is 27.2 Å². The molecule has 1 aliphatic heterocycles. The molecule has 4 nitrogen and oxygen atoms in total. The highest BCUT2D eigenvalue weighted by atomic mass is 79.9. The van der Waals surface area contributed by atoms with Gasteiger partial charge in [0.2, 0.25) is 5.91 Å². The van der Waals surface area contributed by atoms with Crippen LogP contribution in [0.5, 0.6) is 5.75 Å². The fourth-order valence-corrected chi connectivity index (χ4v) is 3.30. The molecule has 1 aromatic rings. The molecule has 1 aliphatic rings. The Hall–Kier alpha value is -1.07. The van der Waals surface area contributed by atoms with Gasteiger partial charge in [-0.1, -0.05) is 6.07 Å². The predicted molar refractivity (Wildman–Crippen MR) is 87.7 cm³/mol. The van der Waals surface area contributed by atoms with Crippen LogP contribution < -0.4 is 10.1 Å². The van der Waals surface area contributed by atoms with Crippen LogP contribution >= 0.6 is 15.9 Å². The number of likely N-dealkylation sites (tertiary alicyclic amines) is 1. The Kier molecular flexibility index (Phi) is 6.06. The van der Waals surface area contributed by atoms with Crippen molar-refractivity contribution in [1.82, 2.24) is 10.2 Å². The highest BCUT2D eigenvalue weighted by Crippen LogP contribution is 2.26. The van der Waals surface area contributed by atoms with Crippen LogP contribution in [0, 0.1) is 0 Å². The number of methoxy groups -OCH3 is 1. The zero-order valence-electron chi connectivity index (χ0n) is 12.7. The highest BCUT2D eigenvalue weighted by molar-refractivity contribution is 9.10. The first-order valence-corrected chi connectivity index (χ1v) is 8.20. The van der Waals surface area contributed by atoms with Gasteiger partial charge < -0.3 is 15.0 Å². The van der Waals surface area contributed by atoms with Crippen molar-refractivity contribution in [2.24, 2.45) is 0 Å². The molecule has 0 radical (unpaired) electrons. The Morgan fingerprint density at radius 1 is 1.52 bits per heavy atom. The van der Waals surface area contributed by atoms with Gasteiger partial charge in [-0.15, -0.1) is 0 Å². The van der Waals surface area contributed by atoms with E-state index in [1.165, 1.54) is 0 Å². The molecule has 5 heteroatoms. The Morgan fingerprint density at radius 3 is 3.00 bits per heavy atom. The Labute approximate surface area is 135 Å². The first-order valence-electron chi connectivity index (χ1n) is 7.41. The molecule has 2 rings (SSSR count). The number of carbonyl (C=O) groups is 1. The van der Waals surface area contributed by atoms with E-state index in [0.717, 1.165) is 48.1 Å². The van der Waals surface area contributed by atoms with Crippen molar-refractivity contribution < 1.29 is 9.53 Å². The third kappa shape index (κ3) is 4.45. The van der Waals surface area contributed by atoms with Gasteiger partial charge in [0.05, 0.1) is 11.6 Å². The smallest absolute Gasteiger partial charge is 0.222 e. The summed E-state index contributed by atoms with van der Waals surface area (Å²) in [7, 11) is 3.62. The number of amides is 1. The molecule has 0 aromatic heterocycles. The van der Waals surface area contributed by atoms with Crippen LogP contribution in [0.25, 0.3) is 0 Å². The third-order valence-electron chi connectivity index (χ3n) is 4.03. The summed E-state index contributed by atoms with van der Waals surface area (Å²) in [5.74, 6) is 1.07. The molecule has 0 bridgehead atoms. The van der Waals surface area contributed by atoms with Gasteiger partial charge in [-0.2, -0.15) is 0 Å². The molecule has 1 aromatic carbocycles. The van der Waals surface area contributed by atoms with Crippen LogP contribution in [0.15, 0.2) is 22.7 Å². The molecular formula is C16H23BrN2O2. The van der Waals surface area contributed by atoms with Crippen LogP contribution in [0.4, 0.5) is 0 Å². The Morgan fingerprint density at radius 2 is 2.33 bits per heavy atom. The summed E-state index contributed by atoms with van der Waals surface area (Å²) in [5, 5.41) is 3.27. The number of benzene rings is 1. The molecule has 1 fully saturated rings. The van der Waals surface area contributed by atoms with E-state index in [1.807, 2.05) is 30.1 Å². The van der Waals surface area contributed by atoms with Gasteiger partial charge in [-0.05, 0) is 59.9 Å². The van der Waals surface area contributed by atoms with Gasteiger partial charge in [0, 0.05) is 25.6 Å². The predicted octanol–water partition coefficient (Wildman–Crippen LogP) is 2.60. The molecular weight excluding hydrogens is 332 g/mol. The van der Waals surface area contributed by atoms with E-state index in [-0.39, 0.29) is 5.91 Å². The normalized spacial score (nSPS) is 18.6. The summed E-state index contributed by atoms with van der Waals surface area (Å²) in [4.78, 5) is 14.3. The van der Waals surface area contributed by atoms with Gasteiger partial charge in [0.15, 0.2) is 0 Å². The van der Waals surface area contributed by atoms with E-state index >= 15 is 0 Å². The maximum atomic E-state index is 12.3. The van der Waals surface area contributed by atoms with Crippen LogP contribution in [-0.4, -0.2) is 44.1 Å². The average Bonchev–Trinajstić information content (AvgIpc) is 2.52. The molecule has 1 atom stereocenters. The molecule has 1 amide bonds. The van der Waals surface area contributed by atoms with Crippen LogP contribution in [-0.2, 0) is 11.2 Å². The summed E-state index contributed by atoms with van der Waals surface area (Å²) >= 11 is 3.48. The van der Waals surface area contributed by atoms with Crippen LogP contribution in [0.2, 0.25) is 0 Å². The summed E-state index contributed by atoms with van der Waals surface area (Å²) in [6.45, 7) is 1.73. The maximum Gasteiger partial charge on any atom is 0.222 e. The summed E-state index contributed by atoms with van der Waals surface area (Å²) in [6, 6.07) is 6.42. The molecule has 1 heterocycles.